The van der Waals surface area contributed by atoms with E-state index in [4.69, 9.17) is 10.5 Å². The highest BCUT2D eigenvalue weighted by Gasteiger charge is 2.27. The van der Waals surface area contributed by atoms with Crippen LogP contribution < -0.4 is 15.8 Å². The van der Waals surface area contributed by atoms with Gasteiger partial charge in [-0.15, -0.1) is 0 Å². The molecule has 0 amide bonds. The van der Waals surface area contributed by atoms with Gasteiger partial charge in [0.25, 0.3) is 0 Å². The lowest BCUT2D eigenvalue weighted by molar-refractivity contribution is 0.253. The zero-order chi connectivity index (χ0) is 13.8. The number of hydrogen-bond donors (Lipinski definition) is 2. The second kappa shape index (κ2) is 6.13. The molecule has 1 fully saturated rings. The number of ether oxygens (including phenoxy) is 1. The van der Waals surface area contributed by atoms with Crippen LogP contribution in [0.15, 0.2) is 12.1 Å². The maximum absolute atomic E-state index is 5.79. The summed E-state index contributed by atoms with van der Waals surface area (Å²) in [5.74, 6) is 2.79. The van der Waals surface area contributed by atoms with Gasteiger partial charge < -0.3 is 15.8 Å². The molecule has 0 aliphatic heterocycles. The van der Waals surface area contributed by atoms with Crippen LogP contribution in [0.3, 0.4) is 0 Å². The molecule has 0 spiro atoms. The van der Waals surface area contributed by atoms with Crippen LogP contribution in [-0.2, 0) is 0 Å². The third-order valence-electron chi connectivity index (χ3n) is 4.09. The summed E-state index contributed by atoms with van der Waals surface area (Å²) in [6.07, 6.45) is 5.17. The molecule has 0 radical (unpaired) electrons. The summed E-state index contributed by atoms with van der Waals surface area (Å²) >= 11 is 0. The molecule has 19 heavy (non-hydrogen) atoms. The molecular weight excluding hydrogens is 238 g/mol. The van der Waals surface area contributed by atoms with Gasteiger partial charge in [0.1, 0.15) is 5.82 Å². The fraction of sp³-hybridized carbons (Fsp3) is 0.667. The molecule has 0 aromatic carbocycles. The Hall–Kier alpha value is -1.45. The summed E-state index contributed by atoms with van der Waals surface area (Å²) < 4.78 is 5.17. The molecule has 0 saturated heterocycles. The van der Waals surface area contributed by atoms with Crippen molar-refractivity contribution < 1.29 is 4.74 Å². The van der Waals surface area contributed by atoms with E-state index in [9.17, 15) is 0 Å². The van der Waals surface area contributed by atoms with Crippen LogP contribution in [0.1, 0.15) is 39.5 Å². The van der Waals surface area contributed by atoms with Crippen molar-refractivity contribution >= 4 is 11.5 Å². The maximum Gasteiger partial charge on any atom is 0.238 e. The Morgan fingerprint density at radius 1 is 1.32 bits per heavy atom. The van der Waals surface area contributed by atoms with Crippen molar-refractivity contribution in [1.82, 2.24) is 4.98 Å². The van der Waals surface area contributed by atoms with Crippen LogP contribution in [-0.4, -0.2) is 18.1 Å². The zero-order valence-corrected chi connectivity index (χ0v) is 12.1. The quantitative estimate of drug-likeness (QED) is 0.875. The summed E-state index contributed by atoms with van der Waals surface area (Å²) in [4.78, 5) is 4.42. The molecule has 1 aliphatic rings. The molecule has 2 rings (SSSR count). The predicted molar refractivity (Wildman–Crippen MR) is 79.4 cm³/mol. The lowest BCUT2D eigenvalue weighted by Gasteiger charge is -2.35. The molecular formula is C15H25N3O. The van der Waals surface area contributed by atoms with Gasteiger partial charge in [0.2, 0.25) is 5.88 Å². The van der Waals surface area contributed by atoms with Crippen LogP contribution in [0.5, 0.6) is 5.88 Å². The van der Waals surface area contributed by atoms with Crippen LogP contribution in [0.4, 0.5) is 11.5 Å². The normalized spacial score (nSPS) is 23.4. The predicted octanol–water partition coefficient (Wildman–Crippen LogP) is 3.30. The lowest BCUT2D eigenvalue weighted by atomic mass is 9.78. The number of nitrogens with zero attached hydrogens (tertiary/aromatic N) is 1. The minimum atomic E-state index is 0.502. The molecule has 2 atom stereocenters. The monoisotopic (exact) mass is 263 g/mol. The van der Waals surface area contributed by atoms with Crippen molar-refractivity contribution in [2.24, 2.45) is 11.8 Å². The minimum Gasteiger partial charge on any atom is -0.479 e. The number of nitrogens with two attached hydrogens (primary N) is 1. The second-order valence-corrected chi connectivity index (χ2v) is 5.74. The average molecular weight is 263 g/mol. The lowest BCUT2D eigenvalue weighted by Crippen LogP contribution is -2.35. The van der Waals surface area contributed by atoms with Gasteiger partial charge in [-0.2, -0.15) is 4.98 Å². The van der Waals surface area contributed by atoms with Gasteiger partial charge >= 0.3 is 0 Å². The fourth-order valence-electron chi connectivity index (χ4n) is 3.02. The van der Waals surface area contributed by atoms with Gasteiger partial charge in [0.15, 0.2) is 0 Å². The minimum absolute atomic E-state index is 0.502. The summed E-state index contributed by atoms with van der Waals surface area (Å²) in [6, 6.07) is 4.29. The van der Waals surface area contributed by atoms with Gasteiger partial charge in [-0.05, 0) is 36.8 Å². The van der Waals surface area contributed by atoms with E-state index in [1.165, 1.54) is 25.7 Å². The number of pyridine rings is 1. The number of aromatic nitrogens is 1. The van der Waals surface area contributed by atoms with Gasteiger partial charge in [-0.25, -0.2) is 0 Å². The van der Waals surface area contributed by atoms with Crippen molar-refractivity contribution in [2.45, 2.75) is 45.6 Å². The molecule has 4 heteroatoms. The first-order valence-corrected chi connectivity index (χ1v) is 7.19. The first-order valence-electron chi connectivity index (χ1n) is 7.19. The SMILES string of the molecule is COc1nc(NC2CCCCC2C(C)C)ccc1N. The van der Waals surface area contributed by atoms with Gasteiger partial charge in [-0.1, -0.05) is 26.7 Å². The van der Waals surface area contributed by atoms with Crippen molar-refractivity contribution in [3.05, 3.63) is 12.1 Å². The molecule has 1 aromatic rings. The van der Waals surface area contributed by atoms with Gasteiger partial charge in [-0.3, -0.25) is 0 Å². The Balaban J connectivity index is 2.10. The summed E-state index contributed by atoms with van der Waals surface area (Å²) in [5, 5.41) is 3.57. The third kappa shape index (κ3) is 3.31. The van der Waals surface area contributed by atoms with E-state index in [-0.39, 0.29) is 0 Å². The van der Waals surface area contributed by atoms with E-state index in [2.05, 4.69) is 24.1 Å². The number of rotatable bonds is 4. The Morgan fingerprint density at radius 3 is 2.74 bits per heavy atom. The third-order valence-corrected chi connectivity index (χ3v) is 4.09. The number of methoxy groups -OCH3 is 1. The highest BCUT2D eigenvalue weighted by molar-refractivity contribution is 5.53. The van der Waals surface area contributed by atoms with Crippen molar-refractivity contribution in [1.29, 1.82) is 0 Å². The standard InChI is InChI=1S/C15H25N3O/c1-10(2)11-6-4-5-7-13(11)17-14-9-8-12(16)15(18-14)19-3/h8-11,13H,4-7,16H2,1-3H3,(H,17,18). The van der Waals surface area contributed by atoms with Crippen LogP contribution in [0.25, 0.3) is 0 Å². The van der Waals surface area contributed by atoms with Gasteiger partial charge in [0, 0.05) is 6.04 Å². The van der Waals surface area contributed by atoms with E-state index in [0.717, 1.165) is 11.7 Å². The zero-order valence-electron chi connectivity index (χ0n) is 12.1. The van der Waals surface area contributed by atoms with Crippen LogP contribution in [0.2, 0.25) is 0 Å². The maximum atomic E-state index is 5.79. The summed E-state index contributed by atoms with van der Waals surface area (Å²) in [7, 11) is 1.60. The molecule has 106 valence electrons. The largest absolute Gasteiger partial charge is 0.479 e. The number of nitrogen functional groups attached to an aromatic ring is 1. The highest BCUT2D eigenvalue weighted by Crippen LogP contribution is 2.32. The highest BCUT2D eigenvalue weighted by atomic mass is 16.5. The Kier molecular flexibility index (Phi) is 4.51. The first kappa shape index (κ1) is 14.0. The average Bonchev–Trinajstić information content (AvgIpc) is 2.41. The van der Waals surface area contributed by atoms with Crippen molar-refractivity contribution in [3.63, 3.8) is 0 Å². The molecule has 1 aliphatic carbocycles. The number of hydrogen-bond acceptors (Lipinski definition) is 4. The van der Waals surface area contributed by atoms with E-state index < -0.39 is 0 Å². The molecule has 4 nitrogen and oxygen atoms in total. The fourth-order valence-corrected chi connectivity index (χ4v) is 3.02. The molecule has 1 heterocycles. The number of nitrogens with one attached hydrogen (secondary N) is 1. The molecule has 3 N–H and O–H groups in total. The smallest absolute Gasteiger partial charge is 0.238 e. The Morgan fingerprint density at radius 2 is 2.05 bits per heavy atom. The topological polar surface area (TPSA) is 60.2 Å². The molecule has 1 aromatic heterocycles. The van der Waals surface area contributed by atoms with Crippen molar-refractivity contribution in [2.75, 3.05) is 18.2 Å². The molecule has 1 saturated carbocycles. The molecule has 0 bridgehead atoms. The Labute approximate surface area is 115 Å². The first-order chi connectivity index (χ1) is 9.11. The second-order valence-electron chi connectivity index (χ2n) is 5.74. The van der Waals surface area contributed by atoms with E-state index >= 15 is 0 Å². The Bertz CT molecular complexity index is 420. The van der Waals surface area contributed by atoms with Crippen LogP contribution in [0, 0.1) is 11.8 Å². The summed E-state index contributed by atoms with van der Waals surface area (Å²) in [6.45, 7) is 4.61. The summed E-state index contributed by atoms with van der Waals surface area (Å²) in [5.41, 5.74) is 6.37. The number of anilines is 2. The molecule has 2 unspecified atom stereocenters. The van der Waals surface area contributed by atoms with E-state index in [1.807, 2.05) is 12.1 Å². The van der Waals surface area contributed by atoms with Gasteiger partial charge in [0.05, 0.1) is 12.8 Å². The van der Waals surface area contributed by atoms with E-state index in [0.29, 0.717) is 23.5 Å². The van der Waals surface area contributed by atoms with Crippen LogP contribution >= 0.6 is 0 Å². The van der Waals surface area contributed by atoms with E-state index in [1.54, 1.807) is 7.11 Å². The van der Waals surface area contributed by atoms with Crippen molar-refractivity contribution in [3.8, 4) is 5.88 Å².